The second-order valence-electron chi connectivity index (χ2n) is 4.81. The number of anilines is 1. The SMILES string of the molecule is Fc1cc(Cl)ccc1NCc1ccc2c(c1)OCCCO2. The van der Waals surface area contributed by atoms with Gasteiger partial charge in [-0.05, 0) is 35.9 Å². The van der Waals surface area contributed by atoms with Crippen molar-refractivity contribution in [3.05, 3.63) is 52.8 Å². The molecule has 0 unspecified atom stereocenters. The van der Waals surface area contributed by atoms with E-state index in [1.165, 1.54) is 6.07 Å². The Kier molecular flexibility index (Phi) is 4.15. The highest BCUT2D eigenvalue weighted by Gasteiger charge is 2.11. The summed E-state index contributed by atoms with van der Waals surface area (Å²) in [5.74, 6) is 1.13. The lowest BCUT2D eigenvalue weighted by atomic mass is 10.2. The summed E-state index contributed by atoms with van der Waals surface area (Å²) in [4.78, 5) is 0. The van der Waals surface area contributed by atoms with Crippen LogP contribution in [0.15, 0.2) is 36.4 Å². The summed E-state index contributed by atoms with van der Waals surface area (Å²) < 4.78 is 24.9. The first-order chi connectivity index (χ1) is 10.2. The maximum Gasteiger partial charge on any atom is 0.161 e. The lowest BCUT2D eigenvalue weighted by Gasteiger charge is -2.11. The van der Waals surface area contributed by atoms with Crippen LogP contribution in [0.25, 0.3) is 0 Å². The van der Waals surface area contributed by atoms with Crippen LogP contribution in [0.1, 0.15) is 12.0 Å². The highest BCUT2D eigenvalue weighted by Crippen LogP contribution is 2.30. The molecule has 0 saturated heterocycles. The van der Waals surface area contributed by atoms with E-state index in [0.29, 0.717) is 30.5 Å². The van der Waals surface area contributed by atoms with Crippen LogP contribution in [0.5, 0.6) is 11.5 Å². The van der Waals surface area contributed by atoms with Gasteiger partial charge in [0.15, 0.2) is 11.5 Å². The van der Waals surface area contributed by atoms with Gasteiger partial charge in [0.05, 0.1) is 18.9 Å². The molecule has 0 saturated carbocycles. The Balaban J connectivity index is 1.72. The Bertz CT molecular complexity index is 648. The molecule has 0 aliphatic carbocycles. The third-order valence-electron chi connectivity index (χ3n) is 3.23. The third-order valence-corrected chi connectivity index (χ3v) is 3.46. The number of fused-ring (bicyclic) bond motifs is 1. The summed E-state index contributed by atoms with van der Waals surface area (Å²) in [6.07, 6.45) is 0.873. The second kappa shape index (κ2) is 6.22. The summed E-state index contributed by atoms with van der Waals surface area (Å²) in [7, 11) is 0. The highest BCUT2D eigenvalue weighted by atomic mass is 35.5. The normalized spacial score (nSPS) is 13.6. The van der Waals surface area contributed by atoms with Crippen LogP contribution in [-0.4, -0.2) is 13.2 Å². The average molecular weight is 308 g/mol. The van der Waals surface area contributed by atoms with E-state index in [0.717, 1.165) is 23.5 Å². The summed E-state index contributed by atoms with van der Waals surface area (Å²) in [6.45, 7) is 1.81. The van der Waals surface area contributed by atoms with Crippen LogP contribution in [-0.2, 0) is 6.54 Å². The molecule has 0 fully saturated rings. The Morgan fingerprint density at radius 3 is 2.67 bits per heavy atom. The first-order valence-electron chi connectivity index (χ1n) is 6.80. The molecule has 0 amide bonds. The lowest BCUT2D eigenvalue weighted by Crippen LogP contribution is -2.02. The van der Waals surface area contributed by atoms with Gasteiger partial charge in [0.1, 0.15) is 5.82 Å². The van der Waals surface area contributed by atoms with Crippen LogP contribution in [0.4, 0.5) is 10.1 Å². The predicted molar refractivity (Wildman–Crippen MR) is 80.8 cm³/mol. The number of hydrogen-bond donors (Lipinski definition) is 1. The van der Waals surface area contributed by atoms with E-state index in [-0.39, 0.29) is 5.82 Å². The maximum absolute atomic E-state index is 13.7. The van der Waals surface area contributed by atoms with E-state index in [9.17, 15) is 4.39 Å². The summed E-state index contributed by atoms with van der Waals surface area (Å²) in [6, 6.07) is 10.3. The highest BCUT2D eigenvalue weighted by molar-refractivity contribution is 6.30. The van der Waals surface area contributed by atoms with Gasteiger partial charge in [0.25, 0.3) is 0 Å². The van der Waals surface area contributed by atoms with Crippen molar-refractivity contribution in [1.82, 2.24) is 0 Å². The lowest BCUT2D eigenvalue weighted by molar-refractivity contribution is 0.297. The van der Waals surface area contributed by atoms with Crippen LogP contribution < -0.4 is 14.8 Å². The monoisotopic (exact) mass is 307 g/mol. The molecule has 1 heterocycles. The van der Waals surface area contributed by atoms with Crippen LogP contribution in [0.2, 0.25) is 5.02 Å². The molecular weight excluding hydrogens is 293 g/mol. The summed E-state index contributed by atoms with van der Waals surface area (Å²) >= 11 is 5.73. The molecule has 2 aromatic rings. The fraction of sp³-hybridized carbons (Fsp3) is 0.250. The van der Waals surface area contributed by atoms with Gasteiger partial charge in [0.2, 0.25) is 0 Å². The van der Waals surface area contributed by atoms with Crippen LogP contribution >= 0.6 is 11.6 Å². The van der Waals surface area contributed by atoms with E-state index in [1.54, 1.807) is 12.1 Å². The minimum absolute atomic E-state index is 0.364. The smallest absolute Gasteiger partial charge is 0.161 e. The molecule has 0 bridgehead atoms. The molecule has 1 aliphatic rings. The van der Waals surface area contributed by atoms with Crippen LogP contribution in [0, 0.1) is 5.82 Å². The predicted octanol–water partition coefficient (Wildman–Crippen LogP) is 4.25. The third kappa shape index (κ3) is 3.39. The van der Waals surface area contributed by atoms with Gasteiger partial charge in [-0.1, -0.05) is 17.7 Å². The molecule has 2 aromatic carbocycles. The summed E-state index contributed by atoms with van der Waals surface area (Å²) in [5.41, 5.74) is 1.42. The van der Waals surface area contributed by atoms with E-state index in [2.05, 4.69) is 5.32 Å². The van der Waals surface area contributed by atoms with Crippen molar-refractivity contribution in [2.45, 2.75) is 13.0 Å². The van der Waals surface area contributed by atoms with E-state index < -0.39 is 0 Å². The Morgan fingerprint density at radius 1 is 1.05 bits per heavy atom. The number of rotatable bonds is 3. The second-order valence-corrected chi connectivity index (χ2v) is 5.25. The first-order valence-corrected chi connectivity index (χ1v) is 7.17. The topological polar surface area (TPSA) is 30.5 Å². The zero-order chi connectivity index (χ0) is 14.7. The number of benzene rings is 2. The van der Waals surface area contributed by atoms with Crippen LogP contribution in [0.3, 0.4) is 0 Å². The van der Waals surface area contributed by atoms with Crippen molar-refractivity contribution in [2.24, 2.45) is 0 Å². The van der Waals surface area contributed by atoms with E-state index >= 15 is 0 Å². The molecule has 0 aromatic heterocycles. The molecule has 0 radical (unpaired) electrons. The Morgan fingerprint density at radius 2 is 1.86 bits per heavy atom. The van der Waals surface area contributed by atoms with E-state index in [1.807, 2.05) is 18.2 Å². The minimum atomic E-state index is -0.364. The number of hydrogen-bond acceptors (Lipinski definition) is 3. The molecule has 1 N–H and O–H groups in total. The van der Waals surface area contributed by atoms with Crippen molar-refractivity contribution >= 4 is 17.3 Å². The molecule has 0 spiro atoms. The molecule has 3 nitrogen and oxygen atoms in total. The van der Waals surface area contributed by atoms with Crippen molar-refractivity contribution < 1.29 is 13.9 Å². The zero-order valence-corrected chi connectivity index (χ0v) is 12.1. The number of ether oxygens (including phenoxy) is 2. The zero-order valence-electron chi connectivity index (χ0n) is 11.4. The Labute approximate surface area is 127 Å². The van der Waals surface area contributed by atoms with Crippen molar-refractivity contribution in [3.63, 3.8) is 0 Å². The molecule has 110 valence electrons. The van der Waals surface area contributed by atoms with Crippen molar-refractivity contribution in [1.29, 1.82) is 0 Å². The maximum atomic E-state index is 13.7. The van der Waals surface area contributed by atoms with E-state index in [4.69, 9.17) is 21.1 Å². The quantitative estimate of drug-likeness (QED) is 0.919. The number of nitrogens with one attached hydrogen (secondary N) is 1. The van der Waals surface area contributed by atoms with Crippen molar-refractivity contribution in [2.75, 3.05) is 18.5 Å². The first kappa shape index (κ1) is 14.0. The molecular formula is C16H15ClFNO2. The van der Waals surface area contributed by atoms with Gasteiger partial charge in [-0.15, -0.1) is 0 Å². The van der Waals surface area contributed by atoms with Gasteiger partial charge in [-0.25, -0.2) is 4.39 Å². The van der Waals surface area contributed by atoms with Gasteiger partial charge < -0.3 is 14.8 Å². The van der Waals surface area contributed by atoms with Gasteiger partial charge in [-0.3, -0.25) is 0 Å². The van der Waals surface area contributed by atoms with Crippen molar-refractivity contribution in [3.8, 4) is 11.5 Å². The molecule has 3 rings (SSSR count). The molecule has 0 atom stereocenters. The fourth-order valence-corrected chi connectivity index (χ4v) is 2.31. The average Bonchev–Trinajstić information content (AvgIpc) is 2.71. The Hall–Kier alpha value is -1.94. The van der Waals surface area contributed by atoms with Gasteiger partial charge in [-0.2, -0.15) is 0 Å². The van der Waals surface area contributed by atoms with Gasteiger partial charge >= 0.3 is 0 Å². The standard InChI is InChI=1S/C16H15ClFNO2/c17-12-3-4-14(13(18)9-12)19-10-11-2-5-15-16(8-11)21-7-1-6-20-15/h2-5,8-9,19H,1,6-7,10H2. The molecule has 5 heteroatoms. The number of halogens is 2. The minimum Gasteiger partial charge on any atom is -0.490 e. The fourth-order valence-electron chi connectivity index (χ4n) is 2.15. The molecule has 1 aliphatic heterocycles. The van der Waals surface area contributed by atoms with Gasteiger partial charge in [0, 0.05) is 18.0 Å². The molecule has 21 heavy (non-hydrogen) atoms. The largest absolute Gasteiger partial charge is 0.490 e. The summed E-state index contributed by atoms with van der Waals surface area (Å²) in [5, 5.41) is 3.43.